The molecule has 6 nitrogen and oxygen atoms in total. The van der Waals surface area contributed by atoms with Gasteiger partial charge in [0.15, 0.2) is 0 Å². The largest absolute Gasteiger partial charge is 0.335 e. The van der Waals surface area contributed by atoms with E-state index < -0.39 is 0 Å². The predicted molar refractivity (Wildman–Crippen MR) is 58.7 cm³/mol. The fourth-order valence-electron chi connectivity index (χ4n) is 1.82. The van der Waals surface area contributed by atoms with Crippen molar-refractivity contribution in [1.29, 1.82) is 0 Å². The molecule has 0 radical (unpaired) electrons. The Morgan fingerprint density at radius 2 is 2.06 bits per heavy atom. The molecule has 2 aliphatic rings. The topological polar surface area (TPSA) is 87.5 Å². The normalized spacial score (nSPS) is 25.4. The second-order valence-electron chi connectivity index (χ2n) is 4.58. The van der Waals surface area contributed by atoms with Crippen LogP contribution in [-0.2, 0) is 4.79 Å². The van der Waals surface area contributed by atoms with Gasteiger partial charge in [-0.2, -0.15) is 0 Å². The first-order chi connectivity index (χ1) is 7.63. The zero-order valence-electron chi connectivity index (χ0n) is 9.24. The minimum absolute atomic E-state index is 0.160. The highest BCUT2D eigenvalue weighted by molar-refractivity contribution is 5.95. The van der Waals surface area contributed by atoms with Crippen LogP contribution in [0.3, 0.4) is 0 Å². The van der Waals surface area contributed by atoms with Crippen LogP contribution in [0.1, 0.15) is 19.3 Å². The number of hydrogen-bond donors (Lipinski definition) is 3. The van der Waals surface area contributed by atoms with Gasteiger partial charge in [-0.3, -0.25) is 15.0 Å². The molecule has 2 fully saturated rings. The zero-order valence-corrected chi connectivity index (χ0v) is 9.24. The molecule has 0 unspecified atom stereocenters. The van der Waals surface area contributed by atoms with E-state index in [9.17, 15) is 9.59 Å². The van der Waals surface area contributed by atoms with Crippen molar-refractivity contribution in [3.05, 3.63) is 0 Å². The number of urea groups is 1. The highest BCUT2D eigenvalue weighted by atomic mass is 16.2. The van der Waals surface area contributed by atoms with Crippen LogP contribution >= 0.6 is 0 Å². The van der Waals surface area contributed by atoms with Crippen LogP contribution in [0.4, 0.5) is 4.79 Å². The fraction of sp³-hybridized carbons (Fsp3) is 0.800. The van der Waals surface area contributed by atoms with Crippen molar-refractivity contribution in [2.45, 2.75) is 31.3 Å². The van der Waals surface area contributed by atoms with E-state index in [0.717, 1.165) is 32.4 Å². The van der Waals surface area contributed by atoms with Gasteiger partial charge < -0.3 is 11.1 Å². The number of carbonyl (C=O) groups is 2. The third-order valence-electron chi connectivity index (χ3n) is 2.84. The Balaban J connectivity index is 1.65. The number of hydrogen-bond acceptors (Lipinski definition) is 4. The molecule has 3 amide bonds. The van der Waals surface area contributed by atoms with Gasteiger partial charge in [0.05, 0.1) is 6.54 Å². The lowest BCUT2D eigenvalue weighted by atomic mass is 10.3. The highest BCUT2D eigenvalue weighted by Crippen LogP contribution is 2.18. The van der Waals surface area contributed by atoms with Crippen LogP contribution in [-0.4, -0.2) is 48.6 Å². The molecule has 0 bridgehead atoms. The van der Waals surface area contributed by atoms with Gasteiger partial charge in [-0.25, -0.2) is 4.79 Å². The second kappa shape index (κ2) is 4.80. The summed E-state index contributed by atoms with van der Waals surface area (Å²) in [6.45, 7) is 1.82. The number of amides is 3. The van der Waals surface area contributed by atoms with Crippen molar-refractivity contribution in [3.8, 4) is 0 Å². The molecule has 1 aliphatic heterocycles. The van der Waals surface area contributed by atoms with Gasteiger partial charge in [-0.05, 0) is 19.3 Å². The molecule has 0 aromatic heterocycles. The number of nitrogens with zero attached hydrogens (tertiary/aromatic N) is 1. The summed E-state index contributed by atoms with van der Waals surface area (Å²) >= 11 is 0. The Morgan fingerprint density at radius 3 is 2.62 bits per heavy atom. The van der Waals surface area contributed by atoms with Crippen LogP contribution < -0.4 is 16.4 Å². The zero-order chi connectivity index (χ0) is 11.5. The number of carbonyl (C=O) groups excluding carboxylic acids is 2. The molecule has 1 atom stereocenters. The molecule has 4 N–H and O–H groups in total. The van der Waals surface area contributed by atoms with Crippen molar-refractivity contribution in [3.63, 3.8) is 0 Å². The van der Waals surface area contributed by atoms with Crippen molar-refractivity contribution in [1.82, 2.24) is 15.5 Å². The molecule has 0 aromatic rings. The number of rotatable bonds is 3. The molecule has 1 aliphatic carbocycles. The summed E-state index contributed by atoms with van der Waals surface area (Å²) in [4.78, 5) is 24.7. The van der Waals surface area contributed by atoms with Gasteiger partial charge in [0.25, 0.3) is 0 Å². The Bertz CT molecular complexity index is 291. The summed E-state index contributed by atoms with van der Waals surface area (Å²) in [6, 6.07) is 0.0529. The summed E-state index contributed by atoms with van der Waals surface area (Å²) in [6.07, 6.45) is 2.95. The van der Waals surface area contributed by atoms with Crippen LogP contribution in [0.15, 0.2) is 0 Å². The van der Waals surface area contributed by atoms with Crippen LogP contribution in [0.2, 0.25) is 0 Å². The Labute approximate surface area is 94.5 Å². The van der Waals surface area contributed by atoms with Crippen LogP contribution in [0.5, 0.6) is 0 Å². The lowest BCUT2D eigenvalue weighted by Crippen LogP contribution is -2.45. The molecule has 1 heterocycles. The fourth-order valence-corrected chi connectivity index (χ4v) is 1.82. The average Bonchev–Trinajstić information content (AvgIpc) is 2.89. The Hall–Kier alpha value is -1.14. The first-order valence-electron chi connectivity index (χ1n) is 5.72. The van der Waals surface area contributed by atoms with E-state index in [4.69, 9.17) is 5.73 Å². The van der Waals surface area contributed by atoms with Gasteiger partial charge in [-0.1, -0.05) is 0 Å². The average molecular weight is 226 g/mol. The summed E-state index contributed by atoms with van der Waals surface area (Å²) < 4.78 is 0. The van der Waals surface area contributed by atoms with Crippen molar-refractivity contribution >= 4 is 11.9 Å². The van der Waals surface area contributed by atoms with Crippen molar-refractivity contribution < 1.29 is 9.59 Å². The third-order valence-corrected chi connectivity index (χ3v) is 2.84. The maximum Gasteiger partial charge on any atom is 0.321 e. The quantitative estimate of drug-likeness (QED) is 0.576. The van der Waals surface area contributed by atoms with Crippen molar-refractivity contribution in [2.24, 2.45) is 5.73 Å². The summed E-state index contributed by atoms with van der Waals surface area (Å²) in [5, 5.41) is 5.03. The standard InChI is InChI=1S/C10H18N4O2/c11-7-3-4-14(5-7)6-9(15)13-10(16)12-8-1-2-8/h7-8H,1-6,11H2,(H2,12,13,15,16)/t7-/m1/s1. The van der Waals surface area contributed by atoms with Crippen LogP contribution in [0, 0.1) is 0 Å². The van der Waals surface area contributed by atoms with E-state index in [0.29, 0.717) is 0 Å². The smallest absolute Gasteiger partial charge is 0.321 e. The predicted octanol–water partition coefficient (Wildman–Crippen LogP) is -0.992. The van der Waals surface area contributed by atoms with Crippen LogP contribution in [0.25, 0.3) is 0 Å². The van der Waals surface area contributed by atoms with E-state index >= 15 is 0 Å². The third kappa shape index (κ3) is 3.46. The molecule has 6 heteroatoms. The summed E-state index contributed by atoms with van der Waals surface area (Å²) in [5.41, 5.74) is 5.72. The maximum atomic E-state index is 11.5. The van der Waals surface area contributed by atoms with Gasteiger partial charge in [0.1, 0.15) is 0 Å². The van der Waals surface area contributed by atoms with E-state index in [1.54, 1.807) is 0 Å². The first kappa shape index (κ1) is 11.3. The molecular formula is C10H18N4O2. The molecule has 0 spiro atoms. The number of nitrogens with one attached hydrogen (secondary N) is 2. The second-order valence-corrected chi connectivity index (χ2v) is 4.58. The minimum Gasteiger partial charge on any atom is -0.335 e. The van der Waals surface area contributed by atoms with E-state index in [2.05, 4.69) is 10.6 Å². The summed E-state index contributed by atoms with van der Waals surface area (Å²) in [7, 11) is 0. The number of imide groups is 1. The number of likely N-dealkylation sites (tertiary alicyclic amines) is 1. The SMILES string of the molecule is N[C@@H]1CCN(CC(=O)NC(=O)NC2CC2)C1. The minimum atomic E-state index is -0.379. The molecular weight excluding hydrogens is 208 g/mol. The monoisotopic (exact) mass is 226 g/mol. The molecule has 1 saturated heterocycles. The Kier molecular flexibility index (Phi) is 3.40. The van der Waals surface area contributed by atoms with Gasteiger partial charge in [-0.15, -0.1) is 0 Å². The van der Waals surface area contributed by atoms with E-state index in [1.807, 2.05) is 4.90 Å². The van der Waals surface area contributed by atoms with E-state index in [-0.39, 0.29) is 30.6 Å². The van der Waals surface area contributed by atoms with Gasteiger partial charge in [0, 0.05) is 25.2 Å². The first-order valence-corrected chi connectivity index (χ1v) is 5.72. The molecule has 2 rings (SSSR count). The maximum absolute atomic E-state index is 11.5. The van der Waals surface area contributed by atoms with E-state index in [1.165, 1.54) is 0 Å². The molecule has 1 saturated carbocycles. The molecule has 16 heavy (non-hydrogen) atoms. The number of nitrogens with two attached hydrogens (primary N) is 1. The molecule has 90 valence electrons. The lowest BCUT2D eigenvalue weighted by Gasteiger charge is -2.14. The highest BCUT2D eigenvalue weighted by Gasteiger charge is 2.25. The van der Waals surface area contributed by atoms with Gasteiger partial charge >= 0.3 is 6.03 Å². The van der Waals surface area contributed by atoms with Crippen molar-refractivity contribution in [2.75, 3.05) is 19.6 Å². The Morgan fingerprint density at radius 1 is 1.31 bits per heavy atom. The molecule has 0 aromatic carbocycles. The lowest BCUT2D eigenvalue weighted by molar-refractivity contribution is -0.120. The van der Waals surface area contributed by atoms with Gasteiger partial charge in [0.2, 0.25) is 5.91 Å². The summed E-state index contributed by atoms with van der Waals surface area (Å²) in [5.74, 6) is -0.257.